The molecule has 7 heteroatoms. The van der Waals surface area contributed by atoms with Crippen LogP contribution in [0.5, 0.6) is 0 Å². The minimum Gasteiger partial charge on any atom is -0.467 e. The third-order valence-electron chi connectivity index (χ3n) is 4.16. The molecule has 4 aromatic rings. The Kier molecular flexibility index (Phi) is 4.74. The number of amides is 1. The maximum Gasteiger partial charge on any atom is 0.254 e. The number of hydrogen-bond acceptors (Lipinski definition) is 5. The minimum atomic E-state index is -0.0708. The molecule has 1 amide bonds. The summed E-state index contributed by atoms with van der Waals surface area (Å²) in [5.74, 6) is 0.670. The molecule has 0 saturated heterocycles. The third-order valence-corrected chi connectivity index (χ3v) is 4.16. The van der Waals surface area contributed by atoms with Gasteiger partial charge in [0, 0.05) is 12.1 Å². The van der Waals surface area contributed by atoms with Crippen molar-refractivity contribution in [3.63, 3.8) is 0 Å². The zero-order chi connectivity index (χ0) is 18.5. The number of rotatable bonds is 6. The van der Waals surface area contributed by atoms with E-state index in [9.17, 15) is 4.79 Å². The van der Waals surface area contributed by atoms with Crippen LogP contribution in [-0.2, 0) is 13.1 Å². The Morgan fingerprint density at radius 3 is 2.44 bits per heavy atom. The van der Waals surface area contributed by atoms with E-state index in [4.69, 9.17) is 4.42 Å². The van der Waals surface area contributed by atoms with Gasteiger partial charge in [-0.05, 0) is 52.4 Å². The van der Waals surface area contributed by atoms with Crippen molar-refractivity contribution in [2.75, 3.05) is 0 Å². The molecule has 0 radical (unpaired) electrons. The van der Waals surface area contributed by atoms with Gasteiger partial charge in [0.25, 0.3) is 5.91 Å². The average Bonchev–Trinajstić information content (AvgIpc) is 3.42. The Hall–Kier alpha value is -3.74. The second-order valence-electron chi connectivity index (χ2n) is 6.03. The molecule has 0 atom stereocenters. The van der Waals surface area contributed by atoms with Gasteiger partial charge in [-0.2, -0.15) is 0 Å². The van der Waals surface area contributed by atoms with E-state index in [1.807, 2.05) is 54.6 Å². The second-order valence-corrected chi connectivity index (χ2v) is 6.03. The van der Waals surface area contributed by atoms with E-state index in [0.717, 1.165) is 17.0 Å². The summed E-state index contributed by atoms with van der Waals surface area (Å²) < 4.78 is 6.98. The van der Waals surface area contributed by atoms with Gasteiger partial charge < -0.3 is 9.32 Å². The molecule has 0 aliphatic rings. The molecule has 0 saturated carbocycles. The van der Waals surface area contributed by atoms with Gasteiger partial charge in [-0.1, -0.05) is 30.3 Å². The van der Waals surface area contributed by atoms with Gasteiger partial charge in [-0.15, -0.1) is 5.10 Å². The summed E-state index contributed by atoms with van der Waals surface area (Å²) in [6.07, 6.45) is 3.12. The zero-order valence-corrected chi connectivity index (χ0v) is 14.5. The van der Waals surface area contributed by atoms with E-state index >= 15 is 0 Å². The van der Waals surface area contributed by atoms with E-state index in [1.165, 1.54) is 6.33 Å². The van der Waals surface area contributed by atoms with E-state index in [2.05, 4.69) is 15.5 Å². The van der Waals surface area contributed by atoms with Gasteiger partial charge in [-0.25, -0.2) is 4.68 Å². The number of tetrazole rings is 1. The second kappa shape index (κ2) is 7.65. The van der Waals surface area contributed by atoms with Crippen LogP contribution in [0.2, 0.25) is 0 Å². The summed E-state index contributed by atoms with van der Waals surface area (Å²) in [5.41, 5.74) is 2.44. The van der Waals surface area contributed by atoms with Crippen LogP contribution in [0, 0.1) is 0 Å². The molecule has 0 unspecified atom stereocenters. The van der Waals surface area contributed by atoms with Gasteiger partial charge in [-0.3, -0.25) is 4.79 Å². The van der Waals surface area contributed by atoms with Crippen LogP contribution >= 0.6 is 0 Å². The first kappa shape index (κ1) is 16.7. The molecular formula is C20H17N5O2. The summed E-state index contributed by atoms with van der Waals surface area (Å²) in [5, 5.41) is 11.1. The normalized spacial score (nSPS) is 10.7. The summed E-state index contributed by atoms with van der Waals surface area (Å²) in [4.78, 5) is 14.9. The number of carbonyl (C=O) groups is 1. The standard InChI is InChI=1S/C20H17N5O2/c26-20(17-8-10-18(11-9-17)25-15-21-22-23-25)24(14-19-7-4-12-27-19)13-16-5-2-1-3-6-16/h1-12,15H,13-14H2. The highest BCUT2D eigenvalue weighted by Crippen LogP contribution is 2.16. The molecular weight excluding hydrogens is 342 g/mol. The van der Waals surface area contributed by atoms with E-state index in [-0.39, 0.29) is 5.91 Å². The van der Waals surface area contributed by atoms with Gasteiger partial charge >= 0.3 is 0 Å². The lowest BCUT2D eigenvalue weighted by Gasteiger charge is -2.22. The molecule has 0 aliphatic carbocycles. The number of nitrogens with zero attached hydrogens (tertiary/aromatic N) is 5. The van der Waals surface area contributed by atoms with E-state index in [0.29, 0.717) is 18.7 Å². The number of carbonyl (C=O) groups excluding carboxylic acids is 1. The average molecular weight is 359 g/mol. The van der Waals surface area contributed by atoms with E-state index in [1.54, 1.807) is 28.0 Å². The van der Waals surface area contributed by atoms with E-state index < -0.39 is 0 Å². The van der Waals surface area contributed by atoms with Crippen LogP contribution in [0.15, 0.2) is 83.7 Å². The Bertz CT molecular complexity index is 981. The molecule has 0 spiro atoms. The highest BCUT2D eigenvalue weighted by molar-refractivity contribution is 5.94. The summed E-state index contributed by atoms with van der Waals surface area (Å²) in [6, 6.07) is 20.8. The Balaban J connectivity index is 1.57. The van der Waals surface area contributed by atoms with Crippen molar-refractivity contribution >= 4 is 5.91 Å². The predicted molar refractivity (Wildman–Crippen MR) is 97.9 cm³/mol. The molecule has 4 rings (SSSR count). The molecule has 0 bridgehead atoms. The number of hydrogen-bond donors (Lipinski definition) is 0. The van der Waals surface area contributed by atoms with Gasteiger partial charge in [0.05, 0.1) is 18.5 Å². The highest BCUT2D eigenvalue weighted by atomic mass is 16.3. The van der Waals surface area contributed by atoms with Crippen molar-refractivity contribution in [2.45, 2.75) is 13.1 Å². The van der Waals surface area contributed by atoms with Crippen molar-refractivity contribution in [2.24, 2.45) is 0 Å². The fourth-order valence-corrected chi connectivity index (χ4v) is 2.81. The van der Waals surface area contributed by atoms with Crippen LogP contribution in [0.3, 0.4) is 0 Å². The van der Waals surface area contributed by atoms with Crippen molar-refractivity contribution in [3.05, 3.63) is 96.2 Å². The molecule has 27 heavy (non-hydrogen) atoms. The van der Waals surface area contributed by atoms with Crippen LogP contribution in [0.1, 0.15) is 21.7 Å². The maximum atomic E-state index is 13.1. The molecule has 2 aromatic carbocycles. The molecule has 7 nitrogen and oxygen atoms in total. The first-order valence-electron chi connectivity index (χ1n) is 8.48. The van der Waals surface area contributed by atoms with Crippen molar-refractivity contribution in [3.8, 4) is 5.69 Å². The number of benzene rings is 2. The monoisotopic (exact) mass is 359 g/mol. The molecule has 0 aliphatic heterocycles. The topological polar surface area (TPSA) is 77.1 Å². The minimum absolute atomic E-state index is 0.0708. The van der Waals surface area contributed by atoms with Crippen LogP contribution in [-0.4, -0.2) is 31.0 Å². The Morgan fingerprint density at radius 2 is 1.78 bits per heavy atom. The van der Waals surface area contributed by atoms with Crippen molar-refractivity contribution in [1.29, 1.82) is 0 Å². The third kappa shape index (κ3) is 3.92. The van der Waals surface area contributed by atoms with Crippen molar-refractivity contribution in [1.82, 2.24) is 25.1 Å². The van der Waals surface area contributed by atoms with Crippen LogP contribution < -0.4 is 0 Å². The van der Waals surface area contributed by atoms with Crippen molar-refractivity contribution < 1.29 is 9.21 Å². The van der Waals surface area contributed by atoms with Gasteiger partial charge in [0.15, 0.2) is 0 Å². The fraction of sp³-hybridized carbons (Fsp3) is 0.100. The SMILES string of the molecule is O=C(c1ccc(-n2cnnn2)cc1)N(Cc1ccccc1)Cc1ccco1. The quantitative estimate of drug-likeness (QED) is 0.529. The smallest absolute Gasteiger partial charge is 0.254 e. The lowest BCUT2D eigenvalue weighted by atomic mass is 10.1. The molecule has 2 aromatic heterocycles. The first-order chi connectivity index (χ1) is 13.3. The molecule has 0 N–H and O–H groups in total. The molecule has 0 fully saturated rings. The Labute approximate surface area is 155 Å². The number of aromatic nitrogens is 4. The first-order valence-corrected chi connectivity index (χ1v) is 8.48. The highest BCUT2D eigenvalue weighted by Gasteiger charge is 2.18. The van der Waals surface area contributed by atoms with Crippen LogP contribution in [0.25, 0.3) is 5.69 Å². The van der Waals surface area contributed by atoms with Crippen LogP contribution in [0.4, 0.5) is 0 Å². The van der Waals surface area contributed by atoms with Gasteiger partial charge in [0.2, 0.25) is 0 Å². The number of furan rings is 1. The zero-order valence-electron chi connectivity index (χ0n) is 14.5. The molecule has 134 valence electrons. The maximum absolute atomic E-state index is 13.1. The largest absolute Gasteiger partial charge is 0.467 e. The van der Waals surface area contributed by atoms with Gasteiger partial charge in [0.1, 0.15) is 12.1 Å². The Morgan fingerprint density at radius 1 is 0.963 bits per heavy atom. The lowest BCUT2D eigenvalue weighted by molar-refractivity contribution is 0.0717. The molecule has 2 heterocycles. The fourth-order valence-electron chi connectivity index (χ4n) is 2.81. The predicted octanol–water partition coefficient (Wildman–Crippen LogP) is 3.10. The lowest BCUT2D eigenvalue weighted by Crippen LogP contribution is -2.30. The summed E-state index contributed by atoms with van der Waals surface area (Å²) in [6.45, 7) is 0.893. The summed E-state index contributed by atoms with van der Waals surface area (Å²) >= 11 is 0. The summed E-state index contributed by atoms with van der Waals surface area (Å²) in [7, 11) is 0.